The first kappa shape index (κ1) is 15.2. The van der Waals surface area contributed by atoms with Crippen LogP contribution in [0, 0.1) is 0 Å². The van der Waals surface area contributed by atoms with E-state index in [9.17, 15) is 0 Å². The summed E-state index contributed by atoms with van der Waals surface area (Å²) in [4.78, 5) is 0. The number of nitrogens with two attached hydrogens (primary N) is 2. The van der Waals surface area contributed by atoms with Crippen LogP contribution in [0.1, 0.15) is 6.42 Å². The van der Waals surface area contributed by atoms with Gasteiger partial charge in [-0.1, -0.05) is 0 Å². The number of rotatable bonds is 8. The smallest absolute Gasteiger partial charge is 0.243 e. The first-order valence-corrected chi connectivity index (χ1v) is 7.13. The molecule has 0 atom stereocenters. The minimum atomic E-state index is 0.656. The molecular weight excluding hydrogens is 266 g/mol. The summed E-state index contributed by atoms with van der Waals surface area (Å²) in [5, 5.41) is 3.24. The lowest BCUT2D eigenvalue weighted by molar-refractivity contribution is -0.671. The fourth-order valence-corrected chi connectivity index (χ4v) is 2.09. The number of hydrogen-bond donors (Lipinski definition) is 3. The highest BCUT2D eigenvalue weighted by Crippen LogP contribution is 2.20. The van der Waals surface area contributed by atoms with E-state index in [1.165, 1.54) is 0 Å². The average molecular weight is 290 g/mol. The molecule has 0 amide bonds. The molecule has 0 saturated carbocycles. The van der Waals surface area contributed by atoms with E-state index in [2.05, 4.69) is 22.4 Å². The van der Waals surface area contributed by atoms with Gasteiger partial charge in [0.05, 0.1) is 38.2 Å². The maximum Gasteiger partial charge on any atom is 0.243 e. The molecule has 0 saturated heterocycles. The third-order valence-electron chi connectivity index (χ3n) is 3.17. The summed E-state index contributed by atoms with van der Waals surface area (Å²) in [7, 11) is 2.02. The summed E-state index contributed by atoms with van der Waals surface area (Å²) in [6.45, 7) is 3.11. The van der Waals surface area contributed by atoms with Gasteiger partial charge in [-0.3, -0.25) is 0 Å². The minimum Gasteiger partial charge on any atom is -0.399 e. The van der Waals surface area contributed by atoms with Crippen molar-refractivity contribution in [2.24, 2.45) is 7.05 Å². The van der Waals surface area contributed by atoms with E-state index in [-0.39, 0.29) is 0 Å². The Balaban J connectivity index is 1.56. The Kier molecular flexibility index (Phi) is 5.45. The fourth-order valence-electron chi connectivity index (χ4n) is 2.09. The molecule has 1 aromatic heterocycles. The Morgan fingerprint density at radius 1 is 1.29 bits per heavy atom. The van der Waals surface area contributed by atoms with Gasteiger partial charge in [-0.2, -0.15) is 0 Å². The second-order valence-electron chi connectivity index (χ2n) is 5.06. The van der Waals surface area contributed by atoms with Gasteiger partial charge >= 0.3 is 0 Å². The van der Waals surface area contributed by atoms with Crippen molar-refractivity contribution in [1.82, 2.24) is 4.57 Å². The fraction of sp³-hybridized carbons (Fsp3) is 0.400. The third kappa shape index (κ3) is 5.00. The third-order valence-corrected chi connectivity index (χ3v) is 3.17. The van der Waals surface area contributed by atoms with Gasteiger partial charge in [-0.15, -0.1) is 0 Å². The van der Waals surface area contributed by atoms with E-state index in [1.54, 1.807) is 6.07 Å². The summed E-state index contributed by atoms with van der Waals surface area (Å²) >= 11 is 0. The maximum atomic E-state index is 5.86. The van der Waals surface area contributed by atoms with E-state index < -0.39 is 0 Å². The zero-order valence-electron chi connectivity index (χ0n) is 12.5. The van der Waals surface area contributed by atoms with Crippen LogP contribution >= 0.6 is 0 Å². The number of hydrogen-bond acceptors (Lipinski definition) is 4. The molecule has 0 bridgehead atoms. The monoisotopic (exact) mass is 290 g/mol. The van der Waals surface area contributed by atoms with Gasteiger partial charge in [0.1, 0.15) is 12.4 Å². The molecule has 0 fully saturated rings. The summed E-state index contributed by atoms with van der Waals surface area (Å²) in [6.07, 6.45) is 7.15. The van der Waals surface area contributed by atoms with E-state index in [4.69, 9.17) is 16.2 Å². The molecular formula is C15H24N5O+. The van der Waals surface area contributed by atoms with Crippen molar-refractivity contribution in [2.45, 2.75) is 13.0 Å². The number of nitrogen functional groups attached to an aromatic ring is 2. The van der Waals surface area contributed by atoms with Crippen LogP contribution in [0.2, 0.25) is 0 Å². The Morgan fingerprint density at radius 2 is 2.14 bits per heavy atom. The Morgan fingerprint density at radius 3 is 2.86 bits per heavy atom. The van der Waals surface area contributed by atoms with Gasteiger partial charge < -0.3 is 21.5 Å². The van der Waals surface area contributed by atoms with Crippen LogP contribution in [0.3, 0.4) is 0 Å². The van der Waals surface area contributed by atoms with Crippen LogP contribution in [0.5, 0.6) is 0 Å². The quantitative estimate of drug-likeness (QED) is 0.385. The molecule has 0 spiro atoms. The molecule has 0 unspecified atom stereocenters. The molecule has 1 heterocycles. The lowest BCUT2D eigenvalue weighted by Crippen LogP contribution is -2.23. The Bertz CT molecular complexity index is 567. The molecule has 0 radical (unpaired) electrons. The summed E-state index contributed by atoms with van der Waals surface area (Å²) < 4.78 is 9.78. The largest absolute Gasteiger partial charge is 0.399 e. The normalized spacial score (nSPS) is 10.7. The lowest BCUT2D eigenvalue weighted by atomic mass is 10.2. The van der Waals surface area contributed by atoms with E-state index in [0.29, 0.717) is 18.0 Å². The zero-order chi connectivity index (χ0) is 15.1. The van der Waals surface area contributed by atoms with Gasteiger partial charge in [0.2, 0.25) is 6.33 Å². The molecule has 1 aromatic carbocycles. The number of imidazole rings is 1. The second-order valence-corrected chi connectivity index (χ2v) is 5.06. The SMILES string of the molecule is C[n+]1ccn(CCCOCCNc2ccc(N)cc2N)c1. The van der Waals surface area contributed by atoms with Gasteiger partial charge in [0.25, 0.3) is 0 Å². The molecule has 0 aliphatic carbocycles. The number of nitrogens with zero attached hydrogens (tertiary/aromatic N) is 2. The molecule has 0 aliphatic heterocycles. The predicted octanol–water partition coefficient (Wildman–Crippen LogP) is 0.996. The highest BCUT2D eigenvalue weighted by molar-refractivity contribution is 5.70. The average Bonchev–Trinajstić information content (AvgIpc) is 2.85. The Labute approximate surface area is 125 Å². The van der Waals surface area contributed by atoms with Crippen LogP contribution in [-0.2, 0) is 18.3 Å². The number of nitrogens with one attached hydrogen (secondary N) is 1. The van der Waals surface area contributed by atoms with Crippen molar-refractivity contribution in [3.8, 4) is 0 Å². The number of ether oxygens (including phenoxy) is 1. The summed E-state index contributed by atoms with van der Waals surface area (Å²) in [6, 6.07) is 5.47. The number of aromatic nitrogens is 2. The first-order valence-electron chi connectivity index (χ1n) is 7.13. The predicted molar refractivity (Wildman–Crippen MR) is 84.8 cm³/mol. The minimum absolute atomic E-state index is 0.656. The van der Waals surface area contributed by atoms with Gasteiger partial charge in [-0.05, 0) is 18.2 Å². The summed E-state index contributed by atoms with van der Waals surface area (Å²) in [5.74, 6) is 0. The molecule has 2 aromatic rings. The van der Waals surface area contributed by atoms with E-state index >= 15 is 0 Å². The van der Waals surface area contributed by atoms with Gasteiger partial charge in [-0.25, -0.2) is 9.13 Å². The maximum absolute atomic E-state index is 5.86. The number of anilines is 3. The second kappa shape index (κ2) is 7.54. The van der Waals surface area contributed by atoms with Gasteiger partial charge in [0, 0.05) is 18.7 Å². The molecule has 6 nitrogen and oxygen atoms in total. The highest BCUT2D eigenvalue weighted by atomic mass is 16.5. The van der Waals surface area contributed by atoms with Crippen LogP contribution in [-0.4, -0.2) is 24.3 Å². The molecule has 2 rings (SSSR count). The molecule has 114 valence electrons. The van der Waals surface area contributed by atoms with Crippen molar-refractivity contribution in [1.29, 1.82) is 0 Å². The van der Waals surface area contributed by atoms with Crippen molar-refractivity contribution < 1.29 is 9.30 Å². The van der Waals surface area contributed by atoms with Gasteiger partial charge in [0.15, 0.2) is 0 Å². The molecule has 5 N–H and O–H groups in total. The van der Waals surface area contributed by atoms with Crippen LogP contribution in [0.15, 0.2) is 36.9 Å². The number of benzene rings is 1. The van der Waals surface area contributed by atoms with E-state index in [0.717, 1.165) is 31.8 Å². The summed E-state index contributed by atoms with van der Waals surface area (Å²) in [5.41, 5.74) is 13.7. The number of aryl methyl sites for hydroxylation is 2. The standard InChI is InChI=1S/C15H24N5O/c1-19-7-8-20(12-19)6-2-9-21-10-5-18-15-4-3-13(16)11-14(15)17/h3-4,7-8,11-12,18H,2,5-6,9-10,16-17H2,1H3/q+1. The van der Waals surface area contributed by atoms with Crippen molar-refractivity contribution in [2.75, 3.05) is 36.5 Å². The highest BCUT2D eigenvalue weighted by Gasteiger charge is 2.00. The van der Waals surface area contributed by atoms with E-state index in [1.807, 2.05) is 29.9 Å². The Hall–Kier alpha value is -2.21. The lowest BCUT2D eigenvalue weighted by Gasteiger charge is -2.10. The first-order chi connectivity index (χ1) is 10.1. The van der Waals surface area contributed by atoms with Crippen LogP contribution in [0.4, 0.5) is 17.1 Å². The van der Waals surface area contributed by atoms with Crippen LogP contribution < -0.4 is 21.4 Å². The molecule has 21 heavy (non-hydrogen) atoms. The zero-order valence-corrected chi connectivity index (χ0v) is 12.5. The topological polar surface area (TPSA) is 82.1 Å². The van der Waals surface area contributed by atoms with Crippen LogP contribution in [0.25, 0.3) is 0 Å². The van der Waals surface area contributed by atoms with Crippen molar-refractivity contribution in [3.63, 3.8) is 0 Å². The van der Waals surface area contributed by atoms with Crippen molar-refractivity contribution in [3.05, 3.63) is 36.9 Å². The molecule has 0 aliphatic rings. The van der Waals surface area contributed by atoms with Crippen molar-refractivity contribution >= 4 is 17.1 Å². The molecule has 6 heteroatoms.